The van der Waals surface area contributed by atoms with E-state index in [2.05, 4.69) is 5.73 Å². The summed E-state index contributed by atoms with van der Waals surface area (Å²) in [6.07, 6.45) is -1.33. The number of carbonyl (C=O) groups is 2. The molecule has 128 valence electrons. The van der Waals surface area contributed by atoms with Gasteiger partial charge in [0.15, 0.2) is 0 Å². The van der Waals surface area contributed by atoms with Crippen molar-refractivity contribution in [3.8, 4) is 0 Å². The zero-order valence-electron chi connectivity index (χ0n) is 13.3. The summed E-state index contributed by atoms with van der Waals surface area (Å²) in [7, 11) is 2.75. The molecule has 1 amide bonds. The number of ether oxygens (including phenoxy) is 1. The van der Waals surface area contributed by atoms with Crippen LogP contribution in [0.2, 0.25) is 0 Å². The molecule has 0 fully saturated rings. The number of carboxylic acid groups (broad SMARTS) is 1. The quantitative estimate of drug-likeness (QED) is 0.364. The van der Waals surface area contributed by atoms with Crippen LogP contribution in [-0.4, -0.2) is 31.2 Å². The van der Waals surface area contributed by atoms with Gasteiger partial charge in [0.25, 0.3) is 5.79 Å². The van der Waals surface area contributed by atoms with E-state index in [4.69, 9.17) is 24.4 Å². The third-order valence-corrected chi connectivity index (χ3v) is 2.98. The van der Waals surface area contributed by atoms with Gasteiger partial charge in [0.05, 0.1) is 7.11 Å². The van der Waals surface area contributed by atoms with E-state index in [1.807, 2.05) is 12.1 Å². The number of amides is 1. The lowest BCUT2D eigenvalue weighted by Crippen LogP contribution is -2.40. The molecule has 7 nitrogen and oxygen atoms in total. The molecule has 0 aliphatic heterocycles. The molecule has 0 radical (unpaired) electrons. The largest absolute Gasteiger partial charge is 0.465 e. The van der Waals surface area contributed by atoms with Gasteiger partial charge in [-0.25, -0.2) is 9.68 Å². The highest BCUT2D eigenvalue weighted by atomic mass is 17.2. The molecule has 0 heterocycles. The molecule has 24 heavy (non-hydrogen) atoms. The van der Waals surface area contributed by atoms with Crippen molar-refractivity contribution in [2.24, 2.45) is 5.73 Å². The molecule has 2 aromatic rings. The molecule has 0 saturated heterocycles. The Morgan fingerprint density at radius 1 is 0.958 bits per heavy atom. The molecular formula is C17H19NO6. The van der Waals surface area contributed by atoms with Crippen molar-refractivity contribution >= 4 is 11.9 Å². The van der Waals surface area contributed by atoms with Crippen LogP contribution < -0.4 is 5.73 Å². The van der Waals surface area contributed by atoms with Crippen molar-refractivity contribution in [1.29, 1.82) is 0 Å². The van der Waals surface area contributed by atoms with Gasteiger partial charge in [0.1, 0.15) is 0 Å². The van der Waals surface area contributed by atoms with E-state index in [1.54, 1.807) is 48.5 Å². The van der Waals surface area contributed by atoms with E-state index in [1.165, 1.54) is 14.2 Å². The van der Waals surface area contributed by atoms with E-state index < -0.39 is 11.9 Å². The second-order valence-corrected chi connectivity index (χ2v) is 4.47. The van der Waals surface area contributed by atoms with Crippen LogP contribution in [0.15, 0.2) is 60.7 Å². The first-order valence-electron chi connectivity index (χ1n) is 6.88. The molecule has 0 saturated carbocycles. The number of hydrogen-bond donors (Lipinski definition) is 2. The van der Waals surface area contributed by atoms with Crippen LogP contribution in [0.5, 0.6) is 0 Å². The maximum atomic E-state index is 12.8. The number of rotatable bonds is 6. The Labute approximate surface area is 139 Å². The van der Waals surface area contributed by atoms with Crippen LogP contribution in [0.1, 0.15) is 15.9 Å². The Bertz CT molecular complexity index is 643. The average Bonchev–Trinajstić information content (AvgIpc) is 2.60. The topological polar surface area (TPSA) is 108 Å². The smallest absolute Gasteiger partial charge is 0.402 e. The lowest BCUT2D eigenvalue weighted by atomic mass is 9.96. The Balaban J connectivity index is 0.000000648. The number of carbonyl (C=O) groups excluding carboxylic acids is 1. The fraction of sp³-hybridized carbons (Fsp3) is 0.176. The lowest BCUT2D eigenvalue weighted by molar-refractivity contribution is -0.397. The summed E-state index contributed by atoms with van der Waals surface area (Å²) < 4.78 is 5.38. The Hall–Kier alpha value is -2.74. The third-order valence-electron chi connectivity index (χ3n) is 2.98. The minimum absolute atomic E-state index is 0.325. The molecule has 0 spiro atoms. The van der Waals surface area contributed by atoms with Crippen molar-refractivity contribution in [2.45, 2.75) is 5.79 Å². The number of benzene rings is 2. The predicted molar refractivity (Wildman–Crippen MR) is 86.2 cm³/mol. The zero-order chi connectivity index (χ0) is 18.0. The van der Waals surface area contributed by atoms with Gasteiger partial charge in [0.2, 0.25) is 5.78 Å². The molecule has 7 heteroatoms. The second-order valence-electron chi connectivity index (χ2n) is 4.47. The Kier molecular flexibility index (Phi) is 7.57. The molecule has 1 unspecified atom stereocenters. The van der Waals surface area contributed by atoms with Crippen molar-refractivity contribution in [1.82, 2.24) is 0 Å². The number of hydrogen-bond acceptors (Lipinski definition) is 5. The van der Waals surface area contributed by atoms with Gasteiger partial charge in [-0.05, 0) is 0 Å². The first-order valence-corrected chi connectivity index (χ1v) is 6.88. The van der Waals surface area contributed by atoms with Crippen LogP contribution in [0, 0.1) is 0 Å². The van der Waals surface area contributed by atoms with Gasteiger partial charge in [0, 0.05) is 18.2 Å². The summed E-state index contributed by atoms with van der Waals surface area (Å²) in [5.74, 6) is -1.94. The summed E-state index contributed by atoms with van der Waals surface area (Å²) in [6, 6.07) is 17.8. The zero-order valence-corrected chi connectivity index (χ0v) is 13.3. The molecule has 2 aromatic carbocycles. The fourth-order valence-corrected chi connectivity index (χ4v) is 2.02. The van der Waals surface area contributed by atoms with Crippen LogP contribution in [0.4, 0.5) is 4.79 Å². The van der Waals surface area contributed by atoms with Gasteiger partial charge < -0.3 is 15.6 Å². The molecule has 0 bridgehead atoms. The van der Waals surface area contributed by atoms with Crippen LogP contribution in [-0.2, 0) is 20.3 Å². The number of Topliss-reactive ketones (excluding diaryl/α,β-unsaturated/α-hetero) is 1. The van der Waals surface area contributed by atoms with Crippen molar-refractivity contribution in [2.75, 3.05) is 14.2 Å². The number of nitrogens with two attached hydrogens (primary N) is 1. The summed E-state index contributed by atoms with van der Waals surface area (Å²) in [6.45, 7) is 0. The van der Waals surface area contributed by atoms with E-state index in [9.17, 15) is 4.79 Å². The first-order chi connectivity index (χ1) is 11.5. The molecule has 1 atom stereocenters. The van der Waals surface area contributed by atoms with Gasteiger partial charge in [-0.3, -0.25) is 4.79 Å². The van der Waals surface area contributed by atoms with E-state index in [0.29, 0.717) is 11.1 Å². The van der Waals surface area contributed by atoms with E-state index in [0.717, 1.165) is 0 Å². The summed E-state index contributed by atoms with van der Waals surface area (Å²) in [4.78, 5) is 31.5. The standard InChI is InChI=1S/C16H16O4.CH3NO2/c1-18-16(20-19-2,14-11-7-4-8-12-14)15(17)13-9-5-3-6-10-13;2-1(3)4/h3-12H,1-2H3;2H2,(H,3,4). The molecule has 2 rings (SSSR count). The van der Waals surface area contributed by atoms with Gasteiger partial charge in [-0.15, -0.1) is 0 Å². The van der Waals surface area contributed by atoms with Crippen molar-refractivity contribution < 1.29 is 29.2 Å². The average molecular weight is 333 g/mol. The van der Waals surface area contributed by atoms with E-state index >= 15 is 0 Å². The van der Waals surface area contributed by atoms with Crippen LogP contribution in [0.3, 0.4) is 0 Å². The number of ketones is 1. The van der Waals surface area contributed by atoms with Gasteiger partial charge >= 0.3 is 6.09 Å². The summed E-state index contributed by atoms with van der Waals surface area (Å²) in [5, 5.41) is 7.19. The molecule has 0 aromatic heterocycles. The third kappa shape index (κ3) is 4.88. The maximum Gasteiger partial charge on any atom is 0.402 e. The van der Waals surface area contributed by atoms with Crippen molar-refractivity contribution in [3.63, 3.8) is 0 Å². The monoisotopic (exact) mass is 333 g/mol. The number of methoxy groups -OCH3 is 1. The molecule has 0 aliphatic rings. The van der Waals surface area contributed by atoms with Gasteiger partial charge in [-0.1, -0.05) is 60.7 Å². The van der Waals surface area contributed by atoms with E-state index in [-0.39, 0.29) is 5.78 Å². The molecular weight excluding hydrogens is 314 g/mol. The molecule has 0 aliphatic carbocycles. The predicted octanol–water partition coefficient (Wildman–Crippen LogP) is 2.57. The minimum Gasteiger partial charge on any atom is -0.465 e. The number of primary amides is 1. The van der Waals surface area contributed by atoms with Gasteiger partial charge in [-0.2, -0.15) is 4.89 Å². The Morgan fingerprint density at radius 2 is 1.42 bits per heavy atom. The Morgan fingerprint density at radius 3 is 1.83 bits per heavy atom. The molecule has 3 N–H and O–H groups in total. The highest BCUT2D eigenvalue weighted by Crippen LogP contribution is 2.31. The highest BCUT2D eigenvalue weighted by Gasteiger charge is 2.44. The SMILES string of the molecule is COOC(OC)(C(=O)c1ccccc1)c1ccccc1.NC(=O)O. The first kappa shape index (κ1) is 19.3. The summed E-state index contributed by atoms with van der Waals surface area (Å²) >= 11 is 0. The normalized spacial score (nSPS) is 12.4. The van der Waals surface area contributed by atoms with Crippen molar-refractivity contribution in [3.05, 3.63) is 71.8 Å². The lowest BCUT2D eigenvalue weighted by Gasteiger charge is -2.29. The maximum absolute atomic E-state index is 12.8. The minimum atomic E-state index is -1.61. The second kappa shape index (κ2) is 9.41. The van der Waals surface area contributed by atoms with Crippen LogP contribution >= 0.6 is 0 Å². The summed E-state index contributed by atoms with van der Waals surface area (Å²) in [5.41, 5.74) is 5.08. The van der Waals surface area contributed by atoms with Crippen LogP contribution in [0.25, 0.3) is 0 Å². The highest BCUT2D eigenvalue weighted by molar-refractivity contribution is 6.02. The fourth-order valence-electron chi connectivity index (χ4n) is 2.02.